The summed E-state index contributed by atoms with van der Waals surface area (Å²) in [7, 11) is 2.88. The normalized spacial score (nSPS) is 12.6. The maximum Gasteiger partial charge on any atom is 0.341 e. The van der Waals surface area contributed by atoms with Gasteiger partial charge in [0.15, 0.2) is 18.1 Å². The smallest absolute Gasteiger partial charge is 0.341 e. The molecule has 0 spiro atoms. The van der Waals surface area contributed by atoms with E-state index in [2.05, 4.69) is 17.4 Å². The first-order valence-electron chi connectivity index (χ1n) is 10.5. The zero-order valence-corrected chi connectivity index (χ0v) is 18.9. The number of amides is 1. The van der Waals surface area contributed by atoms with E-state index in [1.165, 1.54) is 42.4 Å². The van der Waals surface area contributed by atoms with Crippen molar-refractivity contribution >= 4 is 28.2 Å². The van der Waals surface area contributed by atoms with Crippen molar-refractivity contribution in [2.75, 3.05) is 26.1 Å². The number of hydrogen-bond donors (Lipinski definition) is 1. The highest BCUT2D eigenvalue weighted by Crippen LogP contribution is 2.38. The number of hydrogen-bond acceptors (Lipinski definition) is 6. The van der Waals surface area contributed by atoms with Gasteiger partial charge in [-0.25, -0.2) is 4.79 Å². The molecule has 0 aliphatic heterocycles. The number of para-hydroxylation sites is 2. The Bertz CT molecular complexity index is 1140. The molecule has 0 atom stereocenters. The average molecular weight is 452 g/mol. The molecule has 0 saturated heterocycles. The van der Waals surface area contributed by atoms with Crippen LogP contribution in [0.3, 0.4) is 0 Å². The number of aryl methyl sites for hydroxylation is 2. The van der Waals surface area contributed by atoms with Gasteiger partial charge < -0.3 is 19.5 Å². The molecule has 1 N–H and O–H groups in total. The lowest BCUT2D eigenvalue weighted by Crippen LogP contribution is -2.21. The Morgan fingerprint density at radius 1 is 1.00 bits per heavy atom. The van der Waals surface area contributed by atoms with Crippen molar-refractivity contribution in [3.8, 4) is 22.6 Å². The maximum absolute atomic E-state index is 12.6. The van der Waals surface area contributed by atoms with E-state index in [9.17, 15) is 9.59 Å². The first-order valence-corrected chi connectivity index (χ1v) is 11.4. The van der Waals surface area contributed by atoms with E-state index in [-0.39, 0.29) is 12.5 Å². The zero-order valence-electron chi connectivity index (χ0n) is 18.1. The standard InChI is InChI=1S/C25H25NO5S/c1-29-20-9-5-6-10-21(20)31-14-22(27)26-24-23(25(28)30-2)19(15-32-24)18-12-11-16-7-3-4-8-17(16)13-18/h5-6,9-13,15H,3-4,7-8,14H2,1-2H3,(H,26,27). The molecular weight excluding hydrogens is 426 g/mol. The Balaban J connectivity index is 1.55. The van der Waals surface area contributed by atoms with Crippen LogP contribution in [0.5, 0.6) is 11.5 Å². The highest BCUT2D eigenvalue weighted by molar-refractivity contribution is 7.15. The molecule has 1 aliphatic carbocycles. The average Bonchev–Trinajstić information content (AvgIpc) is 3.25. The molecule has 4 rings (SSSR count). The van der Waals surface area contributed by atoms with E-state index >= 15 is 0 Å². The molecule has 0 saturated carbocycles. The number of thiophene rings is 1. The summed E-state index contributed by atoms with van der Waals surface area (Å²) in [5.74, 6) is 0.153. The number of fused-ring (bicyclic) bond motifs is 1. The SMILES string of the molecule is COC(=O)c1c(-c2ccc3c(c2)CCCC3)csc1NC(=O)COc1ccccc1OC. The Morgan fingerprint density at radius 3 is 2.50 bits per heavy atom. The van der Waals surface area contributed by atoms with Gasteiger partial charge in [0.2, 0.25) is 0 Å². The Hall–Kier alpha value is -3.32. The molecule has 3 aromatic rings. The fraction of sp³-hybridized carbons (Fsp3) is 0.280. The van der Waals surface area contributed by atoms with E-state index in [1.54, 1.807) is 25.3 Å². The second-order valence-electron chi connectivity index (χ2n) is 7.52. The number of methoxy groups -OCH3 is 2. The molecule has 2 aromatic carbocycles. The Morgan fingerprint density at radius 2 is 1.75 bits per heavy atom. The van der Waals surface area contributed by atoms with Crippen LogP contribution in [0.1, 0.15) is 34.3 Å². The van der Waals surface area contributed by atoms with Crippen LogP contribution >= 0.6 is 11.3 Å². The Kier molecular flexibility index (Phi) is 6.75. The van der Waals surface area contributed by atoms with Gasteiger partial charge in [0.25, 0.3) is 5.91 Å². The number of carbonyl (C=O) groups excluding carboxylic acids is 2. The molecule has 1 heterocycles. The number of carbonyl (C=O) groups is 2. The van der Waals surface area contributed by atoms with Crippen molar-refractivity contribution in [1.29, 1.82) is 0 Å². The molecule has 0 radical (unpaired) electrons. The number of rotatable bonds is 7. The van der Waals surface area contributed by atoms with Crippen molar-refractivity contribution in [3.05, 3.63) is 64.5 Å². The predicted octanol–water partition coefficient (Wildman–Crippen LogP) is 5.11. The summed E-state index contributed by atoms with van der Waals surface area (Å²) < 4.78 is 15.9. The maximum atomic E-state index is 12.6. The van der Waals surface area contributed by atoms with Gasteiger partial charge in [-0.05, 0) is 54.5 Å². The van der Waals surface area contributed by atoms with Crippen molar-refractivity contribution in [2.24, 2.45) is 0 Å². The predicted molar refractivity (Wildman–Crippen MR) is 125 cm³/mol. The highest BCUT2D eigenvalue weighted by atomic mass is 32.1. The highest BCUT2D eigenvalue weighted by Gasteiger charge is 2.23. The largest absolute Gasteiger partial charge is 0.493 e. The lowest BCUT2D eigenvalue weighted by molar-refractivity contribution is -0.118. The molecule has 166 valence electrons. The molecule has 32 heavy (non-hydrogen) atoms. The van der Waals surface area contributed by atoms with Gasteiger partial charge in [0, 0.05) is 10.9 Å². The third-order valence-electron chi connectivity index (χ3n) is 5.52. The summed E-state index contributed by atoms with van der Waals surface area (Å²) in [5, 5.41) is 5.12. The number of benzene rings is 2. The van der Waals surface area contributed by atoms with Gasteiger partial charge in [0.05, 0.1) is 14.2 Å². The molecule has 1 aromatic heterocycles. The molecule has 0 fully saturated rings. The van der Waals surface area contributed by atoms with Crippen molar-refractivity contribution in [3.63, 3.8) is 0 Å². The van der Waals surface area contributed by atoms with Crippen molar-refractivity contribution in [1.82, 2.24) is 0 Å². The fourth-order valence-electron chi connectivity index (χ4n) is 3.91. The monoisotopic (exact) mass is 451 g/mol. The minimum Gasteiger partial charge on any atom is -0.493 e. The topological polar surface area (TPSA) is 73.9 Å². The molecule has 1 amide bonds. The first kappa shape index (κ1) is 21.9. The van der Waals surface area contributed by atoms with Crippen LogP contribution in [-0.4, -0.2) is 32.7 Å². The minimum atomic E-state index is -0.486. The van der Waals surface area contributed by atoms with Crippen molar-refractivity contribution < 1.29 is 23.8 Å². The summed E-state index contributed by atoms with van der Waals surface area (Å²) in [6.45, 7) is -0.215. The van der Waals surface area contributed by atoms with Gasteiger partial charge in [-0.2, -0.15) is 0 Å². The van der Waals surface area contributed by atoms with E-state index in [4.69, 9.17) is 14.2 Å². The summed E-state index contributed by atoms with van der Waals surface area (Å²) >= 11 is 1.30. The van der Waals surface area contributed by atoms with Crippen LogP contribution in [0, 0.1) is 0 Å². The Labute approximate surface area is 191 Å². The van der Waals surface area contributed by atoms with Gasteiger partial charge in [0.1, 0.15) is 10.6 Å². The van der Waals surface area contributed by atoms with E-state index in [0.717, 1.165) is 24.0 Å². The van der Waals surface area contributed by atoms with Crippen LogP contribution in [-0.2, 0) is 22.4 Å². The minimum absolute atomic E-state index is 0.215. The number of esters is 1. The third kappa shape index (κ3) is 4.62. The second kappa shape index (κ2) is 9.87. The summed E-state index contributed by atoms with van der Waals surface area (Å²) in [6.07, 6.45) is 4.53. The second-order valence-corrected chi connectivity index (χ2v) is 8.40. The number of ether oxygens (including phenoxy) is 3. The first-order chi connectivity index (χ1) is 15.6. The number of anilines is 1. The van der Waals surface area contributed by atoms with E-state index < -0.39 is 5.97 Å². The lowest BCUT2D eigenvalue weighted by Gasteiger charge is -2.16. The molecule has 7 heteroatoms. The quantitative estimate of drug-likeness (QED) is 0.506. The molecule has 0 bridgehead atoms. The van der Waals surface area contributed by atoms with Crippen LogP contribution in [0.4, 0.5) is 5.00 Å². The van der Waals surface area contributed by atoms with Crippen molar-refractivity contribution in [2.45, 2.75) is 25.7 Å². The van der Waals surface area contributed by atoms with E-state index in [1.807, 2.05) is 17.5 Å². The lowest BCUT2D eigenvalue weighted by atomic mass is 9.89. The van der Waals surface area contributed by atoms with Crippen LogP contribution in [0.25, 0.3) is 11.1 Å². The van der Waals surface area contributed by atoms with Gasteiger partial charge in [-0.3, -0.25) is 4.79 Å². The number of nitrogens with one attached hydrogen (secondary N) is 1. The van der Waals surface area contributed by atoms with Crippen LogP contribution in [0.15, 0.2) is 47.8 Å². The van der Waals surface area contributed by atoms with Gasteiger partial charge >= 0.3 is 5.97 Å². The molecule has 6 nitrogen and oxygen atoms in total. The van der Waals surface area contributed by atoms with Gasteiger partial charge in [-0.1, -0.05) is 30.3 Å². The molecular formula is C25H25NO5S. The van der Waals surface area contributed by atoms with Crippen LogP contribution < -0.4 is 14.8 Å². The fourth-order valence-corrected chi connectivity index (χ4v) is 4.89. The molecule has 1 aliphatic rings. The van der Waals surface area contributed by atoms with Crippen LogP contribution in [0.2, 0.25) is 0 Å². The van der Waals surface area contributed by atoms with E-state index in [0.29, 0.717) is 22.1 Å². The van der Waals surface area contributed by atoms with Gasteiger partial charge in [-0.15, -0.1) is 11.3 Å². The third-order valence-corrected chi connectivity index (χ3v) is 6.42. The molecule has 0 unspecified atom stereocenters. The summed E-state index contributed by atoms with van der Waals surface area (Å²) in [5.41, 5.74) is 4.77. The summed E-state index contributed by atoms with van der Waals surface area (Å²) in [6, 6.07) is 13.4. The summed E-state index contributed by atoms with van der Waals surface area (Å²) in [4.78, 5) is 25.2. The zero-order chi connectivity index (χ0) is 22.5.